The van der Waals surface area contributed by atoms with E-state index < -0.39 is 5.97 Å². The zero-order valence-electron chi connectivity index (χ0n) is 8.34. The van der Waals surface area contributed by atoms with Gasteiger partial charge in [0.25, 0.3) is 0 Å². The van der Waals surface area contributed by atoms with Crippen LogP contribution in [0.2, 0.25) is 0 Å². The molecule has 1 N–H and O–H groups in total. The summed E-state index contributed by atoms with van der Waals surface area (Å²) in [5.74, 6) is -1.05. The predicted molar refractivity (Wildman–Crippen MR) is 61.1 cm³/mol. The Bertz CT molecular complexity index is 186. The minimum Gasteiger partial charge on any atom is -0.481 e. The molecular formula is C8H14Br2O4. The monoisotopic (exact) mass is 332 g/mol. The molecule has 0 rings (SSSR count). The molecule has 0 unspecified atom stereocenters. The molecule has 0 aromatic heterocycles. The number of hydrogen-bond acceptors (Lipinski definition) is 3. The van der Waals surface area contributed by atoms with Crippen LogP contribution in [-0.4, -0.2) is 33.3 Å². The molecule has 0 radical (unpaired) electrons. The Morgan fingerprint density at radius 1 is 1.21 bits per heavy atom. The van der Waals surface area contributed by atoms with Crippen LogP contribution in [0.25, 0.3) is 0 Å². The number of carboxylic acids is 1. The lowest BCUT2D eigenvalue weighted by molar-refractivity contribution is -0.151. The van der Waals surface area contributed by atoms with Gasteiger partial charge in [-0.25, -0.2) is 0 Å². The molecule has 0 saturated heterocycles. The van der Waals surface area contributed by atoms with Gasteiger partial charge in [-0.3, -0.25) is 9.59 Å². The van der Waals surface area contributed by atoms with Crippen molar-refractivity contribution < 1.29 is 19.4 Å². The summed E-state index contributed by atoms with van der Waals surface area (Å²) in [6.45, 7) is 5.52. The lowest BCUT2D eigenvalue weighted by atomic mass is 10.2. The SMILES string of the molecule is CC(C)(C)OC(=O)CBr.O=C(O)CBr. The third kappa shape index (κ3) is 17.8. The highest BCUT2D eigenvalue weighted by Crippen LogP contribution is 2.07. The fourth-order valence-electron chi connectivity index (χ4n) is 0.369. The second-order valence-corrected chi connectivity index (χ2v) is 4.37. The van der Waals surface area contributed by atoms with Crippen molar-refractivity contribution in [2.75, 3.05) is 10.7 Å². The van der Waals surface area contributed by atoms with Crippen LogP contribution in [0.5, 0.6) is 0 Å². The number of halogens is 2. The molecule has 6 heteroatoms. The van der Waals surface area contributed by atoms with Crippen molar-refractivity contribution in [3.63, 3.8) is 0 Å². The number of carbonyl (C=O) groups is 2. The second kappa shape index (κ2) is 8.23. The van der Waals surface area contributed by atoms with Crippen molar-refractivity contribution in [3.05, 3.63) is 0 Å². The number of aliphatic carboxylic acids is 1. The summed E-state index contributed by atoms with van der Waals surface area (Å²) < 4.78 is 4.90. The van der Waals surface area contributed by atoms with Gasteiger partial charge in [0.1, 0.15) is 16.3 Å². The molecule has 4 nitrogen and oxygen atoms in total. The molecule has 0 heterocycles. The van der Waals surface area contributed by atoms with E-state index in [-0.39, 0.29) is 22.2 Å². The lowest BCUT2D eigenvalue weighted by Gasteiger charge is -2.18. The van der Waals surface area contributed by atoms with Crippen molar-refractivity contribution >= 4 is 43.8 Å². The van der Waals surface area contributed by atoms with E-state index in [1.807, 2.05) is 20.8 Å². The minimum atomic E-state index is -0.829. The number of ether oxygens (including phenoxy) is 1. The Labute approximate surface area is 100 Å². The maximum absolute atomic E-state index is 10.6. The van der Waals surface area contributed by atoms with Gasteiger partial charge in [-0.1, -0.05) is 31.9 Å². The van der Waals surface area contributed by atoms with E-state index in [0.29, 0.717) is 0 Å². The molecule has 0 aliphatic carbocycles. The Kier molecular flexibility index (Phi) is 9.60. The first-order chi connectivity index (χ1) is 6.22. The lowest BCUT2D eigenvalue weighted by Crippen LogP contribution is -2.24. The third-order valence-corrected chi connectivity index (χ3v) is 1.58. The largest absolute Gasteiger partial charge is 0.481 e. The predicted octanol–water partition coefficient (Wildman–Crippen LogP) is 2.19. The molecular weight excluding hydrogens is 320 g/mol. The van der Waals surface area contributed by atoms with E-state index in [0.717, 1.165) is 0 Å². The van der Waals surface area contributed by atoms with Crippen LogP contribution in [0.3, 0.4) is 0 Å². The first-order valence-electron chi connectivity index (χ1n) is 3.78. The molecule has 0 aromatic carbocycles. The summed E-state index contributed by atoms with van der Waals surface area (Å²) in [5.41, 5.74) is -0.356. The first-order valence-corrected chi connectivity index (χ1v) is 6.02. The zero-order valence-corrected chi connectivity index (χ0v) is 11.5. The fourth-order valence-corrected chi connectivity index (χ4v) is 0.483. The van der Waals surface area contributed by atoms with Gasteiger partial charge in [0.2, 0.25) is 0 Å². The highest BCUT2D eigenvalue weighted by molar-refractivity contribution is 9.09. The van der Waals surface area contributed by atoms with E-state index in [2.05, 4.69) is 31.9 Å². The van der Waals surface area contributed by atoms with Gasteiger partial charge in [-0.2, -0.15) is 0 Å². The topological polar surface area (TPSA) is 63.6 Å². The smallest absolute Gasteiger partial charge is 0.317 e. The molecule has 14 heavy (non-hydrogen) atoms. The summed E-state index contributed by atoms with van der Waals surface area (Å²) in [6, 6.07) is 0. The first kappa shape index (κ1) is 16.3. The number of carboxylic acid groups (broad SMARTS) is 1. The van der Waals surface area contributed by atoms with Crippen molar-refractivity contribution in [2.24, 2.45) is 0 Å². The van der Waals surface area contributed by atoms with Gasteiger partial charge < -0.3 is 9.84 Å². The third-order valence-electron chi connectivity index (χ3n) is 0.643. The molecule has 0 spiro atoms. The number of rotatable bonds is 2. The molecule has 0 saturated carbocycles. The van der Waals surface area contributed by atoms with Gasteiger partial charge in [-0.15, -0.1) is 0 Å². The van der Waals surface area contributed by atoms with E-state index in [4.69, 9.17) is 9.84 Å². The van der Waals surface area contributed by atoms with Crippen LogP contribution < -0.4 is 0 Å². The van der Waals surface area contributed by atoms with Gasteiger partial charge in [0.05, 0.1) is 0 Å². The number of hydrogen-bond donors (Lipinski definition) is 1. The van der Waals surface area contributed by atoms with Crippen LogP contribution in [0.15, 0.2) is 0 Å². The summed E-state index contributed by atoms with van der Waals surface area (Å²) in [6.07, 6.45) is 0. The normalized spacial score (nSPS) is 9.79. The van der Waals surface area contributed by atoms with Crippen LogP contribution in [-0.2, 0) is 14.3 Å². The summed E-state index contributed by atoms with van der Waals surface area (Å²) >= 11 is 5.71. The highest BCUT2D eigenvalue weighted by atomic mass is 79.9. The Morgan fingerprint density at radius 3 is 1.64 bits per heavy atom. The van der Waals surface area contributed by atoms with Crippen LogP contribution >= 0.6 is 31.9 Å². The number of alkyl halides is 2. The highest BCUT2D eigenvalue weighted by Gasteiger charge is 2.14. The fraction of sp³-hybridized carbons (Fsp3) is 0.750. The Hall–Kier alpha value is -0.100. The van der Waals surface area contributed by atoms with Crippen molar-refractivity contribution in [3.8, 4) is 0 Å². The minimum absolute atomic E-state index is 0.0347. The molecule has 0 amide bonds. The number of carbonyl (C=O) groups excluding carboxylic acids is 1. The standard InChI is InChI=1S/C6H11BrO2.C2H3BrO2/c1-6(2,3)9-5(8)4-7;3-1-2(4)5/h4H2,1-3H3;1H2,(H,4,5). The average Bonchev–Trinajstić information content (AvgIpc) is 2.02. The molecule has 0 aliphatic rings. The van der Waals surface area contributed by atoms with Gasteiger partial charge in [0.15, 0.2) is 0 Å². The molecule has 0 fully saturated rings. The average molecular weight is 334 g/mol. The van der Waals surface area contributed by atoms with Crippen LogP contribution in [0.1, 0.15) is 20.8 Å². The van der Waals surface area contributed by atoms with Gasteiger partial charge >= 0.3 is 11.9 Å². The van der Waals surface area contributed by atoms with Gasteiger partial charge in [0, 0.05) is 0 Å². The number of esters is 1. The molecule has 84 valence electrons. The van der Waals surface area contributed by atoms with E-state index in [1.165, 1.54) is 0 Å². The second-order valence-electron chi connectivity index (χ2n) is 3.25. The molecule has 0 bridgehead atoms. The molecule has 0 aliphatic heterocycles. The zero-order chi connectivity index (χ0) is 11.8. The summed E-state index contributed by atoms with van der Waals surface area (Å²) in [4.78, 5) is 19.9. The van der Waals surface area contributed by atoms with Crippen molar-refractivity contribution in [2.45, 2.75) is 26.4 Å². The van der Waals surface area contributed by atoms with E-state index in [1.54, 1.807) is 0 Å². The van der Waals surface area contributed by atoms with Crippen LogP contribution in [0.4, 0.5) is 0 Å². The van der Waals surface area contributed by atoms with Crippen molar-refractivity contribution in [1.82, 2.24) is 0 Å². The van der Waals surface area contributed by atoms with Crippen molar-refractivity contribution in [1.29, 1.82) is 0 Å². The molecule has 0 aromatic rings. The van der Waals surface area contributed by atoms with Crippen LogP contribution in [0, 0.1) is 0 Å². The molecule has 0 atom stereocenters. The maximum atomic E-state index is 10.6. The van der Waals surface area contributed by atoms with Gasteiger partial charge in [-0.05, 0) is 20.8 Å². The summed E-state index contributed by atoms with van der Waals surface area (Å²) in [5, 5.41) is 7.98. The summed E-state index contributed by atoms with van der Waals surface area (Å²) in [7, 11) is 0. The Morgan fingerprint density at radius 2 is 1.57 bits per heavy atom. The van der Waals surface area contributed by atoms with E-state index >= 15 is 0 Å². The quantitative estimate of drug-likeness (QED) is 0.621. The Balaban J connectivity index is 0. The maximum Gasteiger partial charge on any atom is 0.317 e. The van der Waals surface area contributed by atoms with E-state index in [9.17, 15) is 9.59 Å².